The van der Waals surface area contributed by atoms with Gasteiger partial charge in [0.1, 0.15) is 25.1 Å². The van der Waals surface area contributed by atoms with E-state index in [1.165, 1.54) is 30.7 Å². The monoisotopic (exact) mass is 337 g/mol. The number of aromatic nitrogens is 2. The van der Waals surface area contributed by atoms with Crippen molar-refractivity contribution in [3.8, 4) is 0 Å². The van der Waals surface area contributed by atoms with Gasteiger partial charge < -0.3 is 19.9 Å². The summed E-state index contributed by atoms with van der Waals surface area (Å²) in [6, 6.07) is 1.48. The van der Waals surface area contributed by atoms with Crippen LogP contribution in [0.25, 0.3) is 0 Å². The number of nitrogen functional groups attached to an aromatic ring is 1. The standard InChI is InChI=1S/C15H19N3O6/c1-9(19)22-7-11-3-4-14(24-12(11)8-23-10(2)20)18-6-5-13(16)17-15(18)21/h3-6,11-12,14H,7-8H2,1-2H3,(H2,16,17,21)/t11-,12-,14+/m0/s1. The Labute approximate surface area is 138 Å². The summed E-state index contributed by atoms with van der Waals surface area (Å²) < 4.78 is 17.1. The number of hydrogen-bond acceptors (Lipinski definition) is 8. The summed E-state index contributed by atoms with van der Waals surface area (Å²) in [4.78, 5) is 37.6. The van der Waals surface area contributed by atoms with E-state index >= 15 is 0 Å². The van der Waals surface area contributed by atoms with E-state index in [0.717, 1.165) is 0 Å². The summed E-state index contributed by atoms with van der Waals surface area (Å²) in [5.74, 6) is -1.07. The first-order valence-electron chi connectivity index (χ1n) is 7.32. The van der Waals surface area contributed by atoms with Crippen molar-refractivity contribution in [1.29, 1.82) is 0 Å². The topological polar surface area (TPSA) is 123 Å². The van der Waals surface area contributed by atoms with Gasteiger partial charge in [-0.05, 0) is 12.1 Å². The molecule has 0 aliphatic carbocycles. The molecule has 0 radical (unpaired) electrons. The van der Waals surface area contributed by atoms with Gasteiger partial charge in [0, 0.05) is 26.0 Å². The molecule has 1 aliphatic rings. The average molecular weight is 337 g/mol. The van der Waals surface area contributed by atoms with Crippen LogP contribution < -0.4 is 11.4 Å². The number of carbonyl (C=O) groups excluding carboxylic acids is 2. The van der Waals surface area contributed by atoms with Crippen LogP contribution in [0.1, 0.15) is 20.1 Å². The van der Waals surface area contributed by atoms with Gasteiger partial charge in [0.05, 0.1) is 0 Å². The molecular weight excluding hydrogens is 318 g/mol. The van der Waals surface area contributed by atoms with Crippen LogP contribution >= 0.6 is 0 Å². The molecule has 2 N–H and O–H groups in total. The first-order chi connectivity index (χ1) is 11.4. The van der Waals surface area contributed by atoms with Gasteiger partial charge in [-0.2, -0.15) is 4.98 Å². The van der Waals surface area contributed by atoms with E-state index in [2.05, 4.69) is 4.98 Å². The van der Waals surface area contributed by atoms with Crippen molar-refractivity contribution in [3.05, 3.63) is 34.9 Å². The van der Waals surface area contributed by atoms with Crippen LogP contribution in [0.15, 0.2) is 29.2 Å². The molecule has 1 aliphatic heterocycles. The largest absolute Gasteiger partial charge is 0.465 e. The molecule has 24 heavy (non-hydrogen) atoms. The Morgan fingerprint density at radius 1 is 1.25 bits per heavy atom. The summed E-state index contributed by atoms with van der Waals surface area (Å²) in [5.41, 5.74) is 4.91. The van der Waals surface area contributed by atoms with Crippen LogP contribution in [0.5, 0.6) is 0 Å². The number of anilines is 1. The van der Waals surface area contributed by atoms with Gasteiger partial charge in [-0.1, -0.05) is 6.08 Å². The lowest BCUT2D eigenvalue weighted by atomic mass is 10.0. The van der Waals surface area contributed by atoms with Crippen molar-refractivity contribution in [2.45, 2.75) is 26.2 Å². The molecule has 2 rings (SSSR count). The Morgan fingerprint density at radius 3 is 2.54 bits per heavy atom. The van der Waals surface area contributed by atoms with Crippen LogP contribution in [0.2, 0.25) is 0 Å². The minimum Gasteiger partial charge on any atom is -0.465 e. The maximum absolute atomic E-state index is 11.9. The molecule has 130 valence electrons. The van der Waals surface area contributed by atoms with E-state index in [1.54, 1.807) is 12.2 Å². The number of nitrogens with zero attached hydrogens (tertiary/aromatic N) is 2. The lowest BCUT2D eigenvalue weighted by Gasteiger charge is -2.32. The Kier molecular flexibility index (Phi) is 5.69. The van der Waals surface area contributed by atoms with Gasteiger partial charge in [0.25, 0.3) is 0 Å². The van der Waals surface area contributed by atoms with Crippen LogP contribution in [0, 0.1) is 5.92 Å². The fourth-order valence-corrected chi connectivity index (χ4v) is 2.20. The fourth-order valence-electron chi connectivity index (χ4n) is 2.20. The van der Waals surface area contributed by atoms with Crippen molar-refractivity contribution < 1.29 is 23.8 Å². The fraction of sp³-hybridized carbons (Fsp3) is 0.467. The Morgan fingerprint density at radius 2 is 1.92 bits per heavy atom. The SMILES string of the molecule is CC(=O)OC[C@@H]1O[C@@H](n2ccc(N)nc2=O)C=C[C@H]1COC(C)=O. The summed E-state index contributed by atoms with van der Waals surface area (Å²) in [5, 5.41) is 0. The van der Waals surface area contributed by atoms with Crippen molar-refractivity contribution in [2.24, 2.45) is 5.92 Å². The average Bonchev–Trinajstić information content (AvgIpc) is 2.51. The Bertz CT molecular complexity index is 699. The van der Waals surface area contributed by atoms with E-state index in [1.807, 2.05) is 0 Å². The van der Waals surface area contributed by atoms with Gasteiger partial charge in [0.15, 0.2) is 6.23 Å². The molecule has 2 heterocycles. The molecule has 0 saturated carbocycles. The summed E-state index contributed by atoms with van der Waals surface area (Å²) in [6.45, 7) is 2.64. The first-order valence-corrected chi connectivity index (χ1v) is 7.32. The number of esters is 2. The molecule has 0 bridgehead atoms. The highest BCUT2D eigenvalue weighted by atomic mass is 16.6. The van der Waals surface area contributed by atoms with Gasteiger partial charge in [-0.15, -0.1) is 0 Å². The zero-order valence-corrected chi connectivity index (χ0v) is 13.4. The van der Waals surface area contributed by atoms with E-state index in [-0.39, 0.29) is 24.9 Å². The predicted octanol–water partition coefficient (Wildman–Crippen LogP) is 0.0215. The third-order valence-corrected chi connectivity index (χ3v) is 3.37. The van der Waals surface area contributed by atoms with Crippen LogP contribution in [0.4, 0.5) is 5.82 Å². The molecule has 9 nitrogen and oxygen atoms in total. The molecule has 9 heteroatoms. The quantitative estimate of drug-likeness (QED) is 0.589. The van der Waals surface area contributed by atoms with Crippen LogP contribution in [0.3, 0.4) is 0 Å². The lowest BCUT2D eigenvalue weighted by Crippen LogP contribution is -2.39. The van der Waals surface area contributed by atoms with Gasteiger partial charge in [-0.25, -0.2) is 4.79 Å². The van der Waals surface area contributed by atoms with Crippen molar-refractivity contribution in [3.63, 3.8) is 0 Å². The maximum Gasteiger partial charge on any atom is 0.351 e. The molecule has 0 unspecified atom stereocenters. The van der Waals surface area contributed by atoms with E-state index in [4.69, 9.17) is 19.9 Å². The molecule has 0 amide bonds. The molecule has 0 spiro atoms. The normalized spacial score (nSPS) is 22.8. The second kappa shape index (κ2) is 7.73. The van der Waals surface area contributed by atoms with E-state index < -0.39 is 30.0 Å². The molecule has 0 aromatic carbocycles. The smallest absolute Gasteiger partial charge is 0.351 e. The summed E-state index contributed by atoms with van der Waals surface area (Å²) in [6.07, 6.45) is 3.58. The van der Waals surface area contributed by atoms with Gasteiger partial charge in [-0.3, -0.25) is 14.2 Å². The van der Waals surface area contributed by atoms with Crippen molar-refractivity contribution in [1.82, 2.24) is 9.55 Å². The zero-order chi connectivity index (χ0) is 17.7. The molecule has 1 aromatic rings. The van der Waals surface area contributed by atoms with Crippen LogP contribution in [-0.2, 0) is 23.8 Å². The highest BCUT2D eigenvalue weighted by molar-refractivity contribution is 5.66. The second-order valence-corrected chi connectivity index (χ2v) is 5.26. The summed E-state index contributed by atoms with van der Waals surface area (Å²) >= 11 is 0. The third kappa shape index (κ3) is 4.66. The van der Waals surface area contributed by atoms with Crippen molar-refractivity contribution in [2.75, 3.05) is 18.9 Å². The second-order valence-electron chi connectivity index (χ2n) is 5.26. The lowest BCUT2D eigenvalue weighted by molar-refractivity contribution is -0.156. The zero-order valence-electron chi connectivity index (χ0n) is 13.4. The third-order valence-electron chi connectivity index (χ3n) is 3.37. The maximum atomic E-state index is 11.9. The Hall–Kier alpha value is -2.68. The number of carbonyl (C=O) groups is 2. The number of ether oxygens (including phenoxy) is 3. The molecule has 0 fully saturated rings. The molecular formula is C15H19N3O6. The minimum absolute atomic E-state index is 0.0285. The van der Waals surface area contributed by atoms with Gasteiger partial charge >= 0.3 is 17.6 Å². The number of rotatable bonds is 5. The molecule has 0 saturated heterocycles. The summed E-state index contributed by atoms with van der Waals surface area (Å²) in [7, 11) is 0. The highest BCUT2D eigenvalue weighted by Gasteiger charge is 2.30. The predicted molar refractivity (Wildman–Crippen MR) is 82.7 cm³/mol. The van der Waals surface area contributed by atoms with E-state index in [9.17, 15) is 14.4 Å². The van der Waals surface area contributed by atoms with Crippen molar-refractivity contribution >= 4 is 17.8 Å². The molecule has 3 atom stereocenters. The van der Waals surface area contributed by atoms with Gasteiger partial charge in [0.2, 0.25) is 0 Å². The molecule has 1 aromatic heterocycles. The first kappa shape index (κ1) is 17.7. The Balaban J connectivity index is 2.18. The number of nitrogens with two attached hydrogens (primary N) is 1. The number of hydrogen-bond donors (Lipinski definition) is 1. The minimum atomic E-state index is -0.722. The highest BCUT2D eigenvalue weighted by Crippen LogP contribution is 2.25. The van der Waals surface area contributed by atoms with Crippen LogP contribution in [-0.4, -0.2) is 40.8 Å². The van der Waals surface area contributed by atoms with E-state index in [0.29, 0.717) is 0 Å².